The van der Waals surface area contributed by atoms with Crippen LogP contribution in [0.15, 0.2) is 0 Å². The maximum absolute atomic E-state index is 5.20. The van der Waals surface area contributed by atoms with Crippen LogP contribution in [0.2, 0.25) is 0 Å². The monoisotopic (exact) mass is 195 g/mol. The van der Waals surface area contributed by atoms with E-state index in [2.05, 4.69) is 15.3 Å². The van der Waals surface area contributed by atoms with Crippen molar-refractivity contribution in [1.29, 1.82) is 0 Å². The summed E-state index contributed by atoms with van der Waals surface area (Å²) in [5, 5.41) is 3.24. The van der Waals surface area contributed by atoms with Gasteiger partial charge in [-0.1, -0.05) is 0 Å². The van der Waals surface area contributed by atoms with Gasteiger partial charge in [0.2, 0.25) is 5.88 Å². The van der Waals surface area contributed by atoms with E-state index in [0.717, 1.165) is 30.8 Å². The predicted molar refractivity (Wildman–Crippen MR) is 50.5 cm³/mol. The van der Waals surface area contributed by atoms with Crippen molar-refractivity contribution in [1.82, 2.24) is 15.3 Å². The van der Waals surface area contributed by atoms with Crippen molar-refractivity contribution in [2.24, 2.45) is 0 Å². The lowest BCUT2D eigenvalue weighted by Crippen LogP contribution is -2.25. The van der Waals surface area contributed by atoms with E-state index in [0.29, 0.717) is 11.9 Å². The molecule has 0 unspecified atom stereocenters. The largest absolute Gasteiger partial charge is 0.481 e. The van der Waals surface area contributed by atoms with Gasteiger partial charge in [-0.05, 0) is 13.0 Å². The summed E-state index contributed by atoms with van der Waals surface area (Å²) in [6, 6.07) is 0.365. The highest BCUT2D eigenvalue weighted by Crippen LogP contribution is 2.23. The normalized spacial score (nSPS) is 14.7. The first-order valence-corrected chi connectivity index (χ1v) is 4.53. The van der Waals surface area contributed by atoms with Gasteiger partial charge in [0.1, 0.15) is 0 Å². The fourth-order valence-corrected chi connectivity index (χ4v) is 1.56. The van der Waals surface area contributed by atoms with Gasteiger partial charge in [-0.25, -0.2) is 0 Å². The molecule has 1 N–H and O–H groups in total. The maximum atomic E-state index is 5.20. The molecular formula is C9H13N3O2. The number of ether oxygens (including phenoxy) is 2. The number of aromatic nitrogens is 2. The zero-order valence-corrected chi connectivity index (χ0v) is 8.33. The molecule has 0 bridgehead atoms. The van der Waals surface area contributed by atoms with E-state index in [1.54, 1.807) is 14.2 Å². The van der Waals surface area contributed by atoms with Crippen molar-refractivity contribution < 1.29 is 9.47 Å². The predicted octanol–water partition coefficient (Wildman–Crippen LogP) is 0.139. The summed E-state index contributed by atoms with van der Waals surface area (Å²) < 4.78 is 10.2. The minimum absolute atomic E-state index is 0.365. The number of hydrogen-bond acceptors (Lipinski definition) is 5. The van der Waals surface area contributed by atoms with E-state index in [-0.39, 0.29) is 0 Å². The molecular weight excluding hydrogens is 182 g/mol. The molecule has 1 aliphatic heterocycles. The van der Waals surface area contributed by atoms with Gasteiger partial charge in [-0.2, -0.15) is 9.97 Å². The van der Waals surface area contributed by atoms with E-state index in [4.69, 9.17) is 9.47 Å². The number of methoxy groups -OCH3 is 2. The molecule has 0 saturated heterocycles. The van der Waals surface area contributed by atoms with E-state index in [9.17, 15) is 0 Å². The third-order valence-corrected chi connectivity index (χ3v) is 2.25. The third kappa shape index (κ3) is 1.50. The number of hydrogen-bond donors (Lipinski definition) is 1. The van der Waals surface area contributed by atoms with Crippen LogP contribution >= 0.6 is 0 Å². The second kappa shape index (κ2) is 3.79. The molecule has 0 amide bonds. The number of fused-ring (bicyclic) bond motifs is 1. The Kier molecular flexibility index (Phi) is 2.49. The molecule has 0 radical (unpaired) electrons. The second-order valence-corrected chi connectivity index (χ2v) is 3.07. The molecule has 0 spiro atoms. The number of nitrogens with one attached hydrogen (secondary N) is 1. The Balaban J connectivity index is 2.47. The van der Waals surface area contributed by atoms with Crippen LogP contribution in [0.3, 0.4) is 0 Å². The fraction of sp³-hybridized carbons (Fsp3) is 0.556. The van der Waals surface area contributed by atoms with Gasteiger partial charge < -0.3 is 14.8 Å². The first-order valence-electron chi connectivity index (χ1n) is 4.53. The van der Waals surface area contributed by atoms with Gasteiger partial charge >= 0.3 is 6.01 Å². The van der Waals surface area contributed by atoms with Gasteiger partial charge in [0.05, 0.1) is 19.9 Å². The van der Waals surface area contributed by atoms with Crippen LogP contribution in [0.5, 0.6) is 11.9 Å². The molecule has 5 heteroatoms. The van der Waals surface area contributed by atoms with Crippen molar-refractivity contribution in [2.45, 2.75) is 13.0 Å². The molecule has 2 heterocycles. The van der Waals surface area contributed by atoms with Crippen LogP contribution < -0.4 is 14.8 Å². The molecule has 1 aliphatic rings. The molecule has 0 aliphatic carbocycles. The zero-order chi connectivity index (χ0) is 9.97. The summed E-state index contributed by atoms with van der Waals surface area (Å²) in [7, 11) is 3.17. The van der Waals surface area contributed by atoms with Gasteiger partial charge in [0.15, 0.2) is 0 Å². The minimum Gasteiger partial charge on any atom is -0.481 e. The summed E-state index contributed by atoms with van der Waals surface area (Å²) >= 11 is 0. The summed E-state index contributed by atoms with van der Waals surface area (Å²) in [5.41, 5.74) is 2.06. The third-order valence-electron chi connectivity index (χ3n) is 2.25. The zero-order valence-electron chi connectivity index (χ0n) is 8.33. The molecule has 0 fully saturated rings. The van der Waals surface area contributed by atoms with E-state index in [1.165, 1.54) is 0 Å². The average Bonchev–Trinajstić information content (AvgIpc) is 2.27. The molecule has 1 aromatic rings. The minimum atomic E-state index is 0.365. The standard InChI is InChI=1S/C9H13N3O2/c1-13-8-6-3-4-10-5-7(6)11-9(12-8)14-2/h10H,3-5H2,1-2H3. The van der Waals surface area contributed by atoms with E-state index < -0.39 is 0 Å². The Hall–Kier alpha value is -1.36. The van der Waals surface area contributed by atoms with Crippen LogP contribution in [0, 0.1) is 0 Å². The molecule has 0 atom stereocenters. The SMILES string of the molecule is COc1nc2c(c(OC)n1)CCNC2. The first kappa shape index (κ1) is 9.21. The summed E-state index contributed by atoms with van der Waals surface area (Å²) in [4.78, 5) is 8.40. The van der Waals surface area contributed by atoms with Crippen molar-refractivity contribution in [3.63, 3.8) is 0 Å². The Morgan fingerprint density at radius 3 is 2.79 bits per heavy atom. The Morgan fingerprint density at radius 2 is 2.07 bits per heavy atom. The number of nitrogens with zero attached hydrogens (tertiary/aromatic N) is 2. The van der Waals surface area contributed by atoms with Gasteiger partial charge in [-0.15, -0.1) is 0 Å². The Labute approximate surface area is 82.5 Å². The van der Waals surface area contributed by atoms with Crippen molar-refractivity contribution in [3.05, 3.63) is 11.3 Å². The molecule has 1 aromatic heterocycles. The second-order valence-electron chi connectivity index (χ2n) is 3.07. The lowest BCUT2D eigenvalue weighted by atomic mass is 10.1. The highest BCUT2D eigenvalue weighted by atomic mass is 16.5. The van der Waals surface area contributed by atoms with Crippen LogP contribution in [0.25, 0.3) is 0 Å². The van der Waals surface area contributed by atoms with Crippen molar-refractivity contribution in [2.75, 3.05) is 20.8 Å². The molecule has 0 aromatic carbocycles. The van der Waals surface area contributed by atoms with E-state index in [1.807, 2.05) is 0 Å². The topological polar surface area (TPSA) is 56.3 Å². The van der Waals surface area contributed by atoms with Gasteiger partial charge in [-0.3, -0.25) is 0 Å². The highest BCUT2D eigenvalue weighted by molar-refractivity contribution is 5.34. The highest BCUT2D eigenvalue weighted by Gasteiger charge is 2.17. The molecule has 14 heavy (non-hydrogen) atoms. The smallest absolute Gasteiger partial charge is 0.319 e. The van der Waals surface area contributed by atoms with Crippen LogP contribution in [0.4, 0.5) is 0 Å². The van der Waals surface area contributed by atoms with Crippen LogP contribution in [-0.2, 0) is 13.0 Å². The molecule has 76 valence electrons. The van der Waals surface area contributed by atoms with Crippen molar-refractivity contribution in [3.8, 4) is 11.9 Å². The van der Waals surface area contributed by atoms with Crippen molar-refractivity contribution >= 4 is 0 Å². The molecule has 2 rings (SSSR count). The summed E-state index contributed by atoms with van der Waals surface area (Å²) in [6.07, 6.45) is 0.905. The lowest BCUT2D eigenvalue weighted by Gasteiger charge is -2.18. The quantitative estimate of drug-likeness (QED) is 0.727. The summed E-state index contributed by atoms with van der Waals surface area (Å²) in [5.74, 6) is 0.633. The summed E-state index contributed by atoms with van der Waals surface area (Å²) in [6.45, 7) is 1.70. The average molecular weight is 195 g/mol. The maximum Gasteiger partial charge on any atom is 0.319 e. The number of rotatable bonds is 2. The molecule has 0 saturated carbocycles. The lowest BCUT2D eigenvalue weighted by molar-refractivity contribution is 0.343. The van der Waals surface area contributed by atoms with Crippen LogP contribution in [-0.4, -0.2) is 30.7 Å². The van der Waals surface area contributed by atoms with Crippen LogP contribution in [0.1, 0.15) is 11.3 Å². The first-order chi connectivity index (χ1) is 6.85. The Bertz CT molecular complexity index is 324. The van der Waals surface area contributed by atoms with E-state index >= 15 is 0 Å². The fourth-order valence-electron chi connectivity index (χ4n) is 1.56. The van der Waals surface area contributed by atoms with Gasteiger partial charge in [0, 0.05) is 12.1 Å². The molecule has 5 nitrogen and oxygen atoms in total. The Morgan fingerprint density at radius 1 is 1.21 bits per heavy atom. The van der Waals surface area contributed by atoms with Gasteiger partial charge in [0.25, 0.3) is 0 Å².